The van der Waals surface area contributed by atoms with Crippen LogP contribution in [0, 0.1) is 5.41 Å². The first-order valence-electron chi connectivity index (χ1n) is 9.52. The van der Waals surface area contributed by atoms with Crippen molar-refractivity contribution in [2.45, 2.75) is 80.1 Å². The van der Waals surface area contributed by atoms with Gasteiger partial charge in [-0.1, -0.05) is 91.8 Å². The number of rotatable bonds is 3. The van der Waals surface area contributed by atoms with E-state index in [4.69, 9.17) is 0 Å². The maximum absolute atomic E-state index is 10.2. The molecule has 0 radical (unpaired) electrons. The minimum Gasteiger partial charge on any atom is -0.300 e. The van der Waals surface area contributed by atoms with Crippen LogP contribution in [0.3, 0.4) is 0 Å². The molecule has 1 aliphatic rings. The van der Waals surface area contributed by atoms with Crippen LogP contribution in [-0.2, 0) is 10.2 Å². The highest BCUT2D eigenvalue weighted by Gasteiger charge is 2.20. The van der Waals surface area contributed by atoms with E-state index in [1.807, 2.05) is 13.8 Å². The van der Waals surface area contributed by atoms with Crippen LogP contribution in [0.1, 0.15) is 85.8 Å². The van der Waals surface area contributed by atoms with Gasteiger partial charge in [-0.25, -0.2) is 0 Å². The molecule has 0 amide bonds. The molecule has 1 nitrogen and oxygen atoms in total. The van der Waals surface area contributed by atoms with E-state index in [9.17, 15) is 4.79 Å². The van der Waals surface area contributed by atoms with E-state index in [1.165, 1.54) is 22.3 Å². The maximum Gasteiger partial charge on any atom is 0.132 e. The van der Waals surface area contributed by atoms with Crippen molar-refractivity contribution >= 4 is 11.4 Å². The molecule has 0 atom stereocenters. The lowest BCUT2D eigenvalue weighted by Crippen LogP contribution is -2.10. The molecule has 0 heterocycles. The van der Waals surface area contributed by atoms with Crippen molar-refractivity contribution in [1.82, 2.24) is 0 Å². The summed E-state index contributed by atoms with van der Waals surface area (Å²) in [6.07, 6.45) is 7.19. The lowest BCUT2D eigenvalue weighted by atomic mass is 9.86. The first kappa shape index (κ1) is 21.4. The second kappa shape index (κ2) is 8.65. The number of carbonyl (C=O) groups excluding carboxylic acids is 1. The van der Waals surface area contributed by atoms with Crippen LogP contribution in [0.4, 0.5) is 0 Å². The summed E-state index contributed by atoms with van der Waals surface area (Å²) in [7, 11) is 0. The van der Waals surface area contributed by atoms with Crippen molar-refractivity contribution in [2.24, 2.45) is 5.41 Å². The normalized spacial score (nSPS) is 14.4. The molecule has 0 bridgehead atoms. The molecule has 0 unspecified atom stereocenters. The highest BCUT2D eigenvalue weighted by atomic mass is 16.1. The molecule has 25 heavy (non-hydrogen) atoms. The molecule has 1 aliphatic carbocycles. The maximum atomic E-state index is 10.2. The van der Waals surface area contributed by atoms with Crippen LogP contribution in [-0.4, -0.2) is 5.78 Å². The Hall–Kier alpha value is -1.63. The van der Waals surface area contributed by atoms with Gasteiger partial charge in [-0.05, 0) is 39.5 Å². The minimum atomic E-state index is 0.234. The summed E-state index contributed by atoms with van der Waals surface area (Å²) in [6.45, 7) is 17.4. The fraction of sp³-hybridized carbons (Fsp3) is 0.542. The summed E-state index contributed by atoms with van der Waals surface area (Å²) in [5.41, 5.74) is 6.17. The average Bonchev–Trinajstić information content (AvgIpc) is 3.04. The number of benzene rings is 1. The zero-order valence-corrected chi connectivity index (χ0v) is 17.5. The Labute approximate surface area is 155 Å². The molecule has 1 aromatic carbocycles. The van der Waals surface area contributed by atoms with Crippen LogP contribution >= 0.6 is 0 Å². The number of ketones is 1. The van der Waals surface area contributed by atoms with Crippen molar-refractivity contribution in [3.63, 3.8) is 0 Å². The van der Waals surface area contributed by atoms with E-state index in [1.54, 1.807) is 0 Å². The van der Waals surface area contributed by atoms with Gasteiger partial charge >= 0.3 is 0 Å². The van der Waals surface area contributed by atoms with E-state index in [0.717, 1.165) is 6.42 Å². The third-order valence-corrected chi connectivity index (χ3v) is 4.65. The Balaban J connectivity index is 0.000000450. The van der Waals surface area contributed by atoms with Gasteiger partial charge in [0.2, 0.25) is 0 Å². The van der Waals surface area contributed by atoms with Gasteiger partial charge in [0.15, 0.2) is 0 Å². The number of hydrogen-bond acceptors (Lipinski definition) is 1. The highest BCUT2D eigenvalue weighted by Crippen LogP contribution is 2.36. The molecule has 0 spiro atoms. The Morgan fingerprint density at radius 2 is 1.40 bits per heavy atom. The van der Waals surface area contributed by atoms with E-state index >= 15 is 0 Å². The summed E-state index contributed by atoms with van der Waals surface area (Å²) in [5.74, 6) is 0.343. The quantitative estimate of drug-likeness (QED) is 0.572. The first-order valence-corrected chi connectivity index (χ1v) is 9.52. The fourth-order valence-corrected chi connectivity index (χ4v) is 2.68. The summed E-state index contributed by atoms with van der Waals surface area (Å²) in [6, 6.07) is 9.08. The van der Waals surface area contributed by atoms with Gasteiger partial charge in [-0.15, -0.1) is 0 Å². The van der Waals surface area contributed by atoms with E-state index < -0.39 is 0 Å². The van der Waals surface area contributed by atoms with Crippen molar-refractivity contribution in [3.8, 4) is 0 Å². The molecular weight excluding hydrogens is 304 g/mol. The Kier molecular flexibility index (Phi) is 7.41. The van der Waals surface area contributed by atoms with E-state index in [-0.39, 0.29) is 10.8 Å². The largest absolute Gasteiger partial charge is 0.300 e. The van der Waals surface area contributed by atoms with Crippen LogP contribution in [0.2, 0.25) is 0 Å². The number of carbonyl (C=O) groups is 1. The van der Waals surface area contributed by atoms with Gasteiger partial charge in [0.25, 0.3) is 0 Å². The lowest BCUT2D eigenvalue weighted by molar-refractivity contribution is -0.118. The van der Waals surface area contributed by atoms with E-state index in [0.29, 0.717) is 18.6 Å². The zero-order chi connectivity index (χ0) is 19.3. The van der Waals surface area contributed by atoms with Crippen molar-refractivity contribution in [3.05, 3.63) is 53.1 Å². The van der Waals surface area contributed by atoms with Gasteiger partial charge in [0.1, 0.15) is 5.78 Å². The van der Waals surface area contributed by atoms with Crippen LogP contribution < -0.4 is 0 Å². The molecule has 0 saturated heterocycles. The lowest BCUT2D eigenvalue weighted by Gasteiger charge is -2.19. The molecule has 0 aromatic heterocycles. The summed E-state index contributed by atoms with van der Waals surface area (Å²) < 4.78 is 0. The second-order valence-corrected chi connectivity index (χ2v) is 8.86. The molecule has 1 heteroatoms. The number of hydrogen-bond donors (Lipinski definition) is 0. The van der Waals surface area contributed by atoms with Gasteiger partial charge in [0, 0.05) is 12.8 Å². The smallest absolute Gasteiger partial charge is 0.132 e. The van der Waals surface area contributed by atoms with Gasteiger partial charge in [-0.2, -0.15) is 0 Å². The van der Waals surface area contributed by atoms with Crippen molar-refractivity contribution < 1.29 is 4.79 Å². The van der Waals surface area contributed by atoms with Crippen molar-refractivity contribution in [1.29, 1.82) is 0 Å². The summed E-state index contributed by atoms with van der Waals surface area (Å²) >= 11 is 0. The average molecular weight is 341 g/mol. The van der Waals surface area contributed by atoms with Crippen LogP contribution in [0.25, 0.3) is 5.57 Å². The molecule has 0 saturated carbocycles. The third-order valence-electron chi connectivity index (χ3n) is 4.65. The predicted octanol–water partition coefficient (Wildman–Crippen LogP) is 7.12. The van der Waals surface area contributed by atoms with Crippen LogP contribution in [0.15, 0.2) is 42.0 Å². The Bertz CT molecular complexity index is 622. The topological polar surface area (TPSA) is 17.1 Å². The standard InChI is InChI=1S/C19H26.C5H10O/c1-18(2,3)16-10-7-14(8-11-16)15-9-12-17(13-15)19(4,5)6;1-3-5(6)4-2/h7-8,10-13H,9H2,1-6H3;3-4H2,1-2H3. The third kappa shape index (κ3) is 6.65. The summed E-state index contributed by atoms with van der Waals surface area (Å²) in [4.78, 5) is 10.2. The Morgan fingerprint density at radius 3 is 1.72 bits per heavy atom. The number of allylic oxidation sites excluding steroid dienone is 4. The SMILES string of the molecule is CC(C)(C)C1=CCC(c2ccc(C(C)(C)C)cc2)=C1.CCC(=O)CC. The molecule has 1 aromatic rings. The molecule has 0 fully saturated rings. The fourth-order valence-electron chi connectivity index (χ4n) is 2.68. The van der Waals surface area contributed by atoms with Crippen molar-refractivity contribution in [2.75, 3.05) is 0 Å². The Morgan fingerprint density at radius 1 is 0.880 bits per heavy atom. The number of Topliss-reactive ketones (excluding diaryl/α,β-unsaturated/α-hetero) is 1. The monoisotopic (exact) mass is 340 g/mol. The second-order valence-electron chi connectivity index (χ2n) is 8.86. The minimum absolute atomic E-state index is 0.234. The van der Waals surface area contributed by atoms with Crippen LogP contribution in [0.5, 0.6) is 0 Å². The molecule has 0 aliphatic heterocycles. The first-order chi connectivity index (χ1) is 11.5. The van der Waals surface area contributed by atoms with Gasteiger partial charge < -0.3 is 0 Å². The van der Waals surface area contributed by atoms with Gasteiger partial charge in [0.05, 0.1) is 0 Å². The summed E-state index contributed by atoms with van der Waals surface area (Å²) in [5, 5.41) is 0. The van der Waals surface area contributed by atoms with Gasteiger partial charge in [-0.3, -0.25) is 4.79 Å². The molecule has 2 rings (SSSR count). The highest BCUT2D eigenvalue weighted by molar-refractivity contribution is 5.77. The molecular formula is C24H36O. The van der Waals surface area contributed by atoms with E-state index in [2.05, 4.69) is 78.0 Å². The molecule has 138 valence electrons. The zero-order valence-electron chi connectivity index (χ0n) is 17.5. The predicted molar refractivity (Wildman–Crippen MR) is 111 cm³/mol. The molecule has 0 N–H and O–H groups in total.